The average molecular weight is 167 g/mol. The van der Waals surface area contributed by atoms with Crippen molar-refractivity contribution in [2.45, 2.75) is 6.92 Å². The number of hydrogen-bond donors (Lipinski definition) is 3. The summed E-state index contributed by atoms with van der Waals surface area (Å²) in [6, 6.07) is 0. The van der Waals surface area contributed by atoms with Gasteiger partial charge in [0.15, 0.2) is 0 Å². The van der Waals surface area contributed by atoms with Crippen LogP contribution in [-0.4, -0.2) is 33.7 Å². The standard InChI is InChI=1S/C6H10BN3O2/c1-2-8-6-9-3-5(4-10-6)7(11)12/h3-4,11-12H,2H2,1H3,(H,8,9,10). The minimum atomic E-state index is -1.50. The van der Waals surface area contributed by atoms with Crippen molar-refractivity contribution in [3.8, 4) is 0 Å². The minimum absolute atomic E-state index is 0.289. The molecule has 0 radical (unpaired) electrons. The van der Waals surface area contributed by atoms with Gasteiger partial charge in [0.25, 0.3) is 0 Å². The first-order chi connectivity index (χ1) is 5.74. The summed E-state index contributed by atoms with van der Waals surface area (Å²) in [5.41, 5.74) is 0.289. The zero-order valence-electron chi connectivity index (χ0n) is 6.73. The van der Waals surface area contributed by atoms with E-state index in [0.717, 1.165) is 6.54 Å². The highest BCUT2D eigenvalue weighted by molar-refractivity contribution is 6.58. The highest BCUT2D eigenvalue weighted by Crippen LogP contribution is 1.91. The lowest BCUT2D eigenvalue weighted by Crippen LogP contribution is -2.30. The predicted molar refractivity (Wildman–Crippen MR) is 46.0 cm³/mol. The normalized spacial score (nSPS) is 9.58. The number of nitrogens with one attached hydrogen (secondary N) is 1. The first-order valence-electron chi connectivity index (χ1n) is 3.66. The Morgan fingerprint density at radius 2 is 2.00 bits per heavy atom. The van der Waals surface area contributed by atoms with Crippen molar-refractivity contribution >= 4 is 18.5 Å². The molecule has 0 aliphatic heterocycles. The van der Waals surface area contributed by atoms with Crippen molar-refractivity contribution < 1.29 is 10.0 Å². The minimum Gasteiger partial charge on any atom is -0.423 e. The Kier molecular flexibility index (Phi) is 3.01. The van der Waals surface area contributed by atoms with Crippen LogP contribution in [0, 0.1) is 0 Å². The Bertz CT molecular complexity index is 239. The molecule has 12 heavy (non-hydrogen) atoms. The molecule has 0 amide bonds. The quantitative estimate of drug-likeness (QED) is 0.482. The predicted octanol–water partition coefficient (Wildman–Crippen LogP) is -1.41. The number of nitrogens with zero attached hydrogens (tertiary/aromatic N) is 2. The van der Waals surface area contributed by atoms with Gasteiger partial charge in [-0.05, 0) is 6.92 Å². The molecule has 1 heterocycles. The van der Waals surface area contributed by atoms with E-state index in [1.807, 2.05) is 6.92 Å². The summed E-state index contributed by atoms with van der Waals surface area (Å²) in [5, 5.41) is 20.3. The zero-order chi connectivity index (χ0) is 8.97. The maximum absolute atomic E-state index is 8.70. The van der Waals surface area contributed by atoms with Crippen LogP contribution in [0.3, 0.4) is 0 Å². The van der Waals surface area contributed by atoms with Crippen LogP contribution in [0.1, 0.15) is 6.92 Å². The van der Waals surface area contributed by atoms with E-state index in [-0.39, 0.29) is 5.46 Å². The molecule has 0 aliphatic carbocycles. The molecular weight excluding hydrogens is 157 g/mol. The Morgan fingerprint density at radius 3 is 2.42 bits per heavy atom. The molecule has 0 spiro atoms. The molecular formula is C6H10BN3O2. The molecule has 6 heteroatoms. The maximum Gasteiger partial charge on any atom is 0.491 e. The molecule has 0 saturated carbocycles. The smallest absolute Gasteiger partial charge is 0.423 e. The van der Waals surface area contributed by atoms with E-state index in [0.29, 0.717) is 5.95 Å². The third-order valence-corrected chi connectivity index (χ3v) is 1.30. The van der Waals surface area contributed by atoms with Gasteiger partial charge in [0, 0.05) is 24.4 Å². The fourth-order valence-electron chi connectivity index (χ4n) is 0.721. The molecule has 0 aliphatic rings. The molecule has 0 bridgehead atoms. The van der Waals surface area contributed by atoms with Gasteiger partial charge in [-0.2, -0.15) is 0 Å². The molecule has 1 aromatic rings. The van der Waals surface area contributed by atoms with Crippen molar-refractivity contribution in [2.24, 2.45) is 0 Å². The van der Waals surface area contributed by atoms with Gasteiger partial charge in [0.2, 0.25) is 5.95 Å². The van der Waals surface area contributed by atoms with Gasteiger partial charge in [0.05, 0.1) is 0 Å². The highest BCUT2D eigenvalue weighted by atomic mass is 16.4. The van der Waals surface area contributed by atoms with Gasteiger partial charge in [-0.3, -0.25) is 0 Å². The first-order valence-corrected chi connectivity index (χ1v) is 3.66. The van der Waals surface area contributed by atoms with Crippen LogP contribution in [0.2, 0.25) is 0 Å². The summed E-state index contributed by atoms with van der Waals surface area (Å²) in [5.74, 6) is 0.488. The number of aromatic nitrogens is 2. The van der Waals surface area contributed by atoms with E-state index >= 15 is 0 Å². The second kappa shape index (κ2) is 4.03. The van der Waals surface area contributed by atoms with E-state index < -0.39 is 7.12 Å². The van der Waals surface area contributed by atoms with Crippen molar-refractivity contribution in [3.63, 3.8) is 0 Å². The molecule has 3 N–H and O–H groups in total. The summed E-state index contributed by atoms with van der Waals surface area (Å²) in [6.07, 6.45) is 2.74. The van der Waals surface area contributed by atoms with E-state index in [1.165, 1.54) is 12.4 Å². The van der Waals surface area contributed by atoms with E-state index in [1.54, 1.807) is 0 Å². The fraction of sp³-hybridized carbons (Fsp3) is 0.333. The van der Waals surface area contributed by atoms with Gasteiger partial charge in [-0.1, -0.05) is 0 Å². The van der Waals surface area contributed by atoms with Gasteiger partial charge in [0.1, 0.15) is 0 Å². The third kappa shape index (κ3) is 2.18. The Labute approximate surface area is 70.6 Å². The molecule has 0 saturated heterocycles. The van der Waals surface area contributed by atoms with Gasteiger partial charge < -0.3 is 15.4 Å². The number of rotatable bonds is 3. The zero-order valence-corrected chi connectivity index (χ0v) is 6.73. The van der Waals surface area contributed by atoms with Crippen molar-refractivity contribution in [3.05, 3.63) is 12.4 Å². The summed E-state index contributed by atoms with van der Waals surface area (Å²) in [4.78, 5) is 7.69. The summed E-state index contributed by atoms with van der Waals surface area (Å²) in [6.45, 7) is 2.67. The van der Waals surface area contributed by atoms with Crippen LogP contribution in [0.25, 0.3) is 0 Å². The lowest BCUT2D eigenvalue weighted by Gasteiger charge is -2.01. The summed E-state index contributed by atoms with van der Waals surface area (Å²) >= 11 is 0. The van der Waals surface area contributed by atoms with Gasteiger partial charge >= 0.3 is 7.12 Å². The van der Waals surface area contributed by atoms with Crippen LogP contribution in [0.5, 0.6) is 0 Å². The van der Waals surface area contributed by atoms with Crippen LogP contribution >= 0.6 is 0 Å². The lowest BCUT2D eigenvalue weighted by atomic mass is 9.83. The second-order valence-corrected chi connectivity index (χ2v) is 2.24. The second-order valence-electron chi connectivity index (χ2n) is 2.24. The molecule has 0 aromatic carbocycles. The van der Waals surface area contributed by atoms with Crippen molar-refractivity contribution in [1.82, 2.24) is 9.97 Å². The van der Waals surface area contributed by atoms with Crippen LogP contribution < -0.4 is 10.8 Å². The summed E-state index contributed by atoms with van der Waals surface area (Å²) < 4.78 is 0. The SMILES string of the molecule is CCNc1ncc(B(O)O)cn1. The topological polar surface area (TPSA) is 78.3 Å². The van der Waals surface area contributed by atoms with Crippen LogP contribution in [0.4, 0.5) is 5.95 Å². The van der Waals surface area contributed by atoms with Crippen molar-refractivity contribution in [2.75, 3.05) is 11.9 Å². The van der Waals surface area contributed by atoms with Crippen LogP contribution in [0.15, 0.2) is 12.4 Å². The van der Waals surface area contributed by atoms with Crippen molar-refractivity contribution in [1.29, 1.82) is 0 Å². The molecule has 64 valence electrons. The van der Waals surface area contributed by atoms with Gasteiger partial charge in [-0.25, -0.2) is 9.97 Å². The lowest BCUT2D eigenvalue weighted by molar-refractivity contribution is 0.425. The highest BCUT2D eigenvalue weighted by Gasteiger charge is 2.10. The Balaban J connectivity index is 2.71. The van der Waals surface area contributed by atoms with E-state index in [2.05, 4.69) is 15.3 Å². The molecule has 1 rings (SSSR count). The first kappa shape index (κ1) is 8.96. The Morgan fingerprint density at radius 1 is 1.42 bits per heavy atom. The number of anilines is 1. The largest absolute Gasteiger partial charge is 0.491 e. The monoisotopic (exact) mass is 167 g/mol. The molecule has 0 atom stereocenters. The fourth-order valence-corrected chi connectivity index (χ4v) is 0.721. The van der Waals surface area contributed by atoms with E-state index in [4.69, 9.17) is 10.0 Å². The Hall–Kier alpha value is -1.14. The summed E-state index contributed by atoms with van der Waals surface area (Å²) in [7, 11) is -1.50. The van der Waals surface area contributed by atoms with Gasteiger partial charge in [-0.15, -0.1) is 0 Å². The molecule has 0 fully saturated rings. The molecule has 0 unspecified atom stereocenters. The van der Waals surface area contributed by atoms with E-state index in [9.17, 15) is 0 Å². The van der Waals surface area contributed by atoms with Crippen LogP contribution in [-0.2, 0) is 0 Å². The number of hydrogen-bond acceptors (Lipinski definition) is 5. The average Bonchev–Trinajstić information content (AvgIpc) is 2.06. The maximum atomic E-state index is 8.70. The molecule has 1 aromatic heterocycles. The third-order valence-electron chi connectivity index (χ3n) is 1.30. The molecule has 5 nitrogen and oxygen atoms in total.